The van der Waals surface area contributed by atoms with Gasteiger partial charge in [-0.15, -0.1) is 0 Å². The maximum absolute atomic E-state index is 6.32. The lowest BCUT2D eigenvalue weighted by atomic mass is 9.93. The topological polar surface area (TPSA) is 70.7 Å². The molecule has 4 heterocycles. The molecule has 0 saturated heterocycles. The van der Waals surface area contributed by atoms with Gasteiger partial charge in [0.05, 0.1) is 23.1 Å². The van der Waals surface area contributed by atoms with Gasteiger partial charge in [0.1, 0.15) is 0 Å². The number of nitrogens with zero attached hydrogens (tertiary/aromatic N) is 6. The third-order valence-electron chi connectivity index (χ3n) is 6.97. The highest BCUT2D eigenvalue weighted by Crippen LogP contribution is 2.48. The van der Waals surface area contributed by atoms with E-state index in [4.69, 9.17) is 26.7 Å². The number of para-hydroxylation sites is 2. The summed E-state index contributed by atoms with van der Waals surface area (Å²) in [6.07, 6.45) is 1.76. The van der Waals surface area contributed by atoms with Gasteiger partial charge in [0, 0.05) is 22.5 Å². The van der Waals surface area contributed by atoms with Crippen LogP contribution in [0.1, 0.15) is 28.4 Å². The summed E-state index contributed by atoms with van der Waals surface area (Å²) in [6.45, 7) is 4.10. The fourth-order valence-corrected chi connectivity index (χ4v) is 5.38. The van der Waals surface area contributed by atoms with Crippen LogP contribution in [-0.4, -0.2) is 26.4 Å². The van der Waals surface area contributed by atoms with Crippen molar-refractivity contribution in [3.05, 3.63) is 125 Å². The summed E-state index contributed by atoms with van der Waals surface area (Å²) in [7, 11) is 0. The molecule has 0 radical (unpaired) electrons. The van der Waals surface area contributed by atoms with Crippen LogP contribution in [-0.2, 0) is 0 Å². The van der Waals surface area contributed by atoms with Crippen molar-refractivity contribution in [2.75, 3.05) is 10.2 Å². The summed E-state index contributed by atoms with van der Waals surface area (Å²) < 4.78 is 1.82. The second-order valence-corrected chi connectivity index (χ2v) is 10.1. The number of aryl methyl sites for hydroxylation is 2. The summed E-state index contributed by atoms with van der Waals surface area (Å²) in [4.78, 5) is 17.1. The minimum Gasteiger partial charge on any atom is -0.337 e. The number of benzene rings is 3. The molecule has 1 atom stereocenters. The van der Waals surface area contributed by atoms with Gasteiger partial charge in [0.15, 0.2) is 23.3 Å². The molecule has 2 aliphatic heterocycles. The molecular weight excluding hydrogens is 506 g/mol. The van der Waals surface area contributed by atoms with E-state index >= 15 is 0 Å². The van der Waals surface area contributed by atoms with E-state index in [0.717, 1.165) is 45.3 Å². The highest BCUT2D eigenvalue weighted by molar-refractivity contribution is 6.51. The Bertz CT molecular complexity index is 1770. The molecule has 0 unspecified atom stereocenters. The summed E-state index contributed by atoms with van der Waals surface area (Å²) in [6, 6.07) is 30.0. The predicted molar refractivity (Wildman–Crippen MR) is 157 cm³/mol. The van der Waals surface area contributed by atoms with Crippen LogP contribution in [0.2, 0.25) is 5.02 Å². The first kappa shape index (κ1) is 23.4. The number of halogens is 1. The van der Waals surface area contributed by atoms with E-state index in [1.165, 1.54) is 0 Å². The zero-order valence-corrected chi connectivity index (χ0v) is 22.1. The Morgan fingerprint density at radius 3 is 2.46 bits per heavy atom. The van der Waals surface area contributed by atoms with E-state index in [1.54, 1.807) is 6.20 Å². The standard InChI is InChI=1S/C31H24ClN7/c1-19-8-7-9-23(18-19)34-29-31-36-30-27(20(2)37-39(30)26-12-5-6-17-33-26)28(21-13-15-22(32)16-14-21)38(31)25-11-4-3-10-24(25)35-29/h3-18,28H,1-2H3,(H,34,35)/t28-/m0/s1. The number of amidine groups is 2. The Morgan fingerprint density at radius 1 is 0.846 bits per heavy atom. The second-order valence-electron chi connectivity index (χ2n) is 9.63. The van der Waals surface area contributed by atoms with E-state index in [2.05, 4.69) is 52.5 Å². The fraction of sp³-hybridized carbons (Fsp3) is 0.0968. The molecule has 3 aromatic carbocycles. The first-order chi connectivity index (χ1) is 19.1. The normalized spacial score (nSPS) is 15.6. The summed E-state index contributed by atoms with van der Waals surface area (Å²) >= 11 is 6.32. The number of fused-ring (bicyclic) bond motifs is 4. The fourth-order valence-electron chi connectivity index (χ4n) is 5.26. The van der Waals surface area contributed by atoms with Crippen molar-refractivity contribution in [3.63, 3.8) is 0 Å². The number of nitrogens with one attached hydrogen (secondary N) is 1. The highest BCUT2D eigenvalue weighted by atomic mass is 35.5. The summed E-state index contributed by atoms with van der Waals surface area (Å²) in [5.41, 5.74) is 6.90. The lowest BCUT2D eigenvalue weighted by molar-refractivity contribution is 0.810. The number of hydrogen-bond donors (Lipinski definition) is 1. The zero-order chi connectivity index (χ0) is 26.5. The largest absolute Gasteiger partial charge is 0.337 e. The maximum atomic E-state index is 6.32. The van der Waals surface area contributed by atoms with Gasteiger partial charge in [0.25, 0.3) is 0 Å². The van der Waals surface area contributed by atoms with E-state index in [-0.39, 0.29) is 6.04 Å². The van der Waals surface area contributed by atoms with Crippen LogP contribution in [0.25, 0.3) is 5.82 Å². The quantitative estimate of drug-likeness (QED) is 0.265. The predicted octanol–water partition coefficient (Wildman–Crippen LogP) is 7.33. The molecule has 0 fully saturated rings. The van der Waals surface area contributed by atoms with Crippen LogP contribution >= 0.6 is 11.6 Å². The van der Waals surface area contributed by atoms with Gasteiger partial charge in [-0.25, -0.2) is 15.0 Å². The van der Waals surface area contributed by atoms with Gasteiger partial charge in [-0.1, -0.05) is 54.1 Å². The first-order valence-corrected chi connectivity index (χ1v) is 13.1. The van der Waals surface area contributed by atoms with E-state index in [0.29, 0.717) is 22.5 Å². The monoisotopic (exact) mass is 529 g/mol. The van der Waals surface area contributed by atoms with Gasteiger partial charge >= 0.3 is 0 Å². The van der Waals surface area contributed by atoms with Crippen molar-refractivity contribution < 1.29 is 0 Å². The molecule has 0 aliphatic carbocycles. The Kier molecular flexibility index (Phi) is 5.52. The van der Waals surface area contributed by atoms with Gasteiger partial charge in [-0.05, 0) is 73.5 Å². The van der Waals surface area contributed by atoms with E-state index in [1.807, 2.05) is 72.3 Å². The number of anilines is 2. The molecule has 2 aliphatic rings. The third kappa shape index (κ3) is 3.99. The number of pyridine rings is 1. The number of aliphatic imine (C=N–C) groups is 2. The van der Waals surface area contributed by atoms with Crippen molar-refractivity contribution in [2.45, 2.75) is 19.9 Å². The smallest absolute Gasteiger partial charge is 0.179 e. The highest BCUT2D eigenvalue weighted by Gasteiger charge is 2.41. The minimum absolute atomic E-state index is 0.215. The number of hydrogen-bond acceptors (Lipinski definition) is 6. The Morgan fingerprint density at radius 2 is 1.67 bits per heavy atom. The number of rotatable bonds is 3. The molecule has 5 aromatic rings. The van der Waals surface area contributed by atoms with Gasteiger partial charge in [-0.3, -0.25) is 0 Å². The van der Waals surface area contributed by atoms with Crippen LogP contribution in [0.4, 0.5) is 22.9 Å². The molecule has 0 bridgehead atoms. The Hall–Kier alpha value is -4.75. The lowest BCUT2D eigenvalue weighted by Gasteiger charge is -2.40. The molecule has 39 heavy (non-hydrogen) atoms. The SMILES string of the molecule is Cc1cccc(NC2=Nc3ccccc3N3C2=Nc2c(c(C)nn2-c2ccccn2)[C@@H]3c2ccc(Cl)cc2)c1. The first-order valence-electron chi connectivity index (χ1n) is 12.7. The zero-order valence-electron chi connectivity index (χ0n) is 21.4. The molecule has 0 saturated carbocycles. The van der Waals surface area contributed by atoms with Crippen LogP contribution in [0, 0.1) is 13.8 Å². The third-order valence-corrected chi connectivity index (χ3v) is 7.22. The van der Waals surface area contributed by atoms with Gasteiger partial charge in [0.2, 0.25) is 0 Å². The van der Waals surface area contributed by atoms with Crippen molar-refractivity contribution in [3.8, 4) is 5.82 Å². The van der Waals surface area contributed by atoms with Crippen LogP contribution in [0.15, 0.2) is 107 Å². The van der Waals surface area contributed by atoms with Crippen molar-refractivity contribution >= 4 is 46.2 Å². The maximum Gasteiger partial charge on any atom is 0.179 e. The van der Waals surface area contributed by atoms with Crippen molar-refractivity contribution in [2.24, 2.45) is 9.98 Å². The molecule has 8 heteroatoms. The number of aromatic nitrogens is 3. The van der Waals surface area contributed by atoms with E-state index < -0.39 is 0 Å². The Labute approximate surface area is 231 Å². The molecular formula is C31H24ClN7. The average molecular weight is 530 g/mol. The van der Waals surface area contributed by atoms with Crippen LogP contribution in [0.5, 0.6) is 0 Å². The molecule has 1 N–H and O–H groups in total. The lowest BCUT2D eigenvalue weighted by Crippen LogP contribution is -2.46. The van der Waals surface area contributed by atoms with Crippen LogP contribution in [0.3, 0.4) is 0 Å². The molecule has 7 nitrogen and oxygen atoms in total. The van der Waals surface area contributed by atoms with Gasteiger partial charge in [-0.2, -0.15) is 9.78 Å². The summed E-state index contributed by atoms with van der Waals surface area (Å²) in [5, 5.41) is 9.16. The van der Waals surface area contributed by atoms with Crippen molar-refractivity contribution in [1.82, 2.24) is 14.8 Å². The van der Waals surface area contributed by atoms with E-state index in [9.17, 15) is 0 Å². The molecule has 0 amide bonds. The summed E-state index contributed by atoms with van der Waals surface area (Å²) in [5.74, 6) is 2.81. The molecule has 0 spiro atoms. The van der Waals surface area contributed by atoms with Gasteiger partial charge < -0.3 is 10.2 Å². The van der Waals surface area contributed by atoms with Crippen LogP contribution < -0.4 is 10.2 Å². The molecule has 2 aromatic heterocycles. The van der Waals surface area contributed by atoms with Crippen molar-refractivity contribution in [1.29, 1.82) is 0 Å². The average Bonchev–Trinajstić information content (AvgIpc) is 3.29. The minimum atomic E-state index is -0.215. The Balaban J connectivity index is 1.50. The molecule has 7 rings (SSSR count). The molecule has 190 valence electrons. The second kappa shape index (κ2) is 9.22.